The lowest BCUT2D eigenvalue weighted by Gasteiger charge is -2.41. The molecule has 9 heteroatoms. The number of sulfonamides is 1. The van der Waals surface area contributed by atoms with Crippen molar-refractivity contribution < 1.29 is 17.6 Å². The van der Waals surface area contributed by atoms with Crippen molar-refractivity contribution in [2.75, 3.05) is 54.6 Å². The molecule has 186 valence electrons. The summed E-state index contributed by atoms with van der Waals surface area (Å²) in [6, 6.07) is 13.9. The SMILES string of the molecule is CCCS(=O)(=O)Nc1ccc(N2CCN(C(C(=O)N(CC)CC)c3ccccc3)CC2)c(F)c1. The summed E-state index contributed by atoms with van der Waals surface area (Å²) in [5, 5.41) is 0. The summed E-state index contributed by atoms with van der Waals surface area (Å²) in [5.41, 5.74) is 1.62. The Balaban J connectivity index is 1.73. The summed E-state index contributed by atoms with van der Waals surface area (Å²) in [5.74, 6) is -0.392. The quantitative estimate of drug-likeness (QED) is 0.550. The molecule has 1 aliphatic heterocycles. The molecule has 34 heavy (non-hydrogen) atoms. The van der Waals surface area contributed by atoms with Crippen molar-refractivity contribution in [2.45, 2.75) is 33.2 Å². The number of amides is 1. The van der Waals surface area contributed by atoms with Crippen molar-refractivity contribution in [3.63, 3.8) is 0 Å². The van der Waals surface area contributed by atoms with E-state index in [9.17, 15) is 17.6 Å². The lowest BCUT2D eigenvalue weighted by molar-refractivity contribution is -0.137. The van der Waals surface area contributed by atoms with Gasteiger partial charge in [0.25, 0.3) is 0 Å². The van der Waals surface area contributed by atoms with Gasteiger partial charge in [0.2, 0.25) is 15.9 Å². The number of piperazine rings is 1. The minimum atomic E-state index is -3.47. The van der Waals surface area contributed by atoms with Gasteiger partial charge in [0.15, 0.2) is 0 Å². The molecule has 1 N–H and O–H groups in total. The predicted molar refractivity (Wildman–Crippen MR) is 135 cm³/mol. The summed E-state index contributed by atoms with van der Waals surface area (Å²) < 4.78 is 41.3. The second kappa shape index (κ2) is 11.7. The molecule has 0 spiro atoms. The van der Waals surface area contributed by atoms with E-state index in [1.54, 1.807) is 19.1 Å². The van der Waals surface area contributed by atoms with Gasteiger partial charge in [0, 0.05) is 45.3 Å². The smallest absolute Gasteiger partial charge is 0.244 e. The zero-order valence-electron chi connectivity index (χ0n) is 20.2. The third-order valence-corrected chi connectivity index (χ3v) is 7.63. The van der Waals surface area contributed by atoms with Gasteiger partial charge in [0.1, 0.15) is 11.9 Å². The zero-order valence-corrected chi connectivity index (χ0v) is 21.0. The second-order valence-electron chi connectivity index (χ2n) is 8.43. The summed E-state index contributed by atoms with van der Waals surface area (Å²) in [6.45, 7) is 9.39. The van der Waals surface area contributed by atoms with Gasteiger partial charge in [-0.3, -0.25) is 14.4 Å². The van der Waals surface area contributed by atoms with E-state index >= 15 is 0 Å². The minimum Gasteiger partial charge on any atom is -0.367 e. The number of nitrogens with one attached hydrogen (secondary N) is 1. The fraction of sp³-hybridized carbons (Fsp3) is 0.480. The number of nitrogens with zero attached hydrogens (tertiary/aromatic N) is 3. The number of hydrogen-bond acceptors (Lipinski definition) is 5. The van der Waals surface area contributed by atoms with Crippen LogP contribution in [0.5, 0.6) is 0 Å². The Morgan fingerprint density at radius 3 is 2.24 bits per heavy atom. The van der Waals surface area contributed by atoms with E-state index in [0.29, 0.717) is 51.4 Å². The summed E-state index contributed by atoms with van der Waals surface area (Å²) in [4.78, 5) is 19.3. The molecule has 1 saturated heterocycles. The van der Waals surface area contributed by atoms with Gasteiger partial charge in [-0.2, -0.15) is 0 Å². The summed E-state index contributed by atoms with van der Waals surface area (Å²) in [6.07, 6.45) is 0.487. The highest BCUT2D eigenvalue weighted by atomic mass is 32.2. The Morgan fingerprint density at radius 2 is 1.68 bits per heavy atom. The molecule has 1 unspecified atom stereocenters. The van der Waals surface area contributed by atoms with E-state index in [4.69, 9.17) is 0 Å². The summed E-state index contributed by atoms with van der Waals surface area (Å²) in [7, 11) is -3.47. The Hall–Kier alpha value is -2.65. The topological polar surface area (TPSA) is 73.0 Å². The van der Waals surface area contributed by atoms with E-state index in [1.807, 2.05) is 54.0 Å². The van der Waals surface area contributed by atoms with E-state index in [1.165, 1.54) is 6.07 Å². The van der Waals surface area contributed by atoms with Crippen molar-refractivity contribution in [3.05, 3.63) is 59.9 Å². The maximum Gasteiger partial charge on any atom is 0.244 e. The molecule has 7 nitrogen and oxygen atoms in total. The molecule has 0 radical (unpaired) electrons. The average molecular weight is 491 g/mol. The number of carbonyl (C=O) groups excluding carboxylic acids is 1. The molecule has 1 amide bonds. The van der Waals surface area contributed by atoms with Gasteiger partial charge < -0.3 is 9.80 Å². The molecule has 0 saturated carbocycles. The van der Waals surface area contributed by atoms with Gasteiger partial charge in [0.05, 0.1) is 17.1 Å². The molecule has 1 heterocycles. The van der Waals surface area contributed by atoms with Crippen LogP contribution in [0.25, 0.3) is 0 Å². The largest absolute Gasteiger partial charge is 0.367 e. The van der Waals surface area contributed by atoms with Crippen LogP contribution >= 0.6 is 0 Å². The molecular weight excluding hydrogens is 455 g/mol. The number of hydrogen-bond donors (Lipinski definition) is 1. The Morgan fingerprint density at radius 1 is 1.03 bits per heavy atom. The van der Waals surface area contributed by atoms with Crippen LogP contribution in [0.15, 0.2) is 48.5 Å². The fourth-order valence-corrected chi connectivity index (χ4v) is 5.53. The van der Waals surface area contributed by atoms with E-state index in [-0.39, 0.29) is 23.4 Å². The van der Waals surface area contributed by atoms with Gasteiger partial charge in [-0.1, -0.05) is 37.3 Å². The molecular formula is C25H35FN4O3S. The standard InChI is InChI=1S/C25H35FN4O3S/c1-4-18-34(32,33)27-21-12-13-23(22(26)19-21)29-14-16-30(17-15-29)24(20-10-8-7-9-11-20)25(31)28(5-2)6-3/h7-13,19,24,27H,4-6,14-18H2,1-3H3. The van der Waals surface area contributed by atoms with Crippen molar-refractivity contribution in [2.24, 2.45) is 0 Å². The Labute approximate surface area is 202 Å². The van der Waals surface area contributed by atoms with Crippen molar-refractivity contribution in [3.8, 4) is 0 Å². The lowest BCUT2D eigenvalue weighted by Crippen LogP contribution is -2.51. The summed E-state index contributed by atoms with van der Waals surface area (Å²) >= 11 is 0. The van der Waals surface area contributed by atoms with Crippen LogP contribution in [0.3, 0.4) is 0 Å². The highest BCUT2D eigenvalue weighted by Crippen LogP contribution is 2.28. The Kier molecular flexibility index (Phi) is 8.90. The van der Waals surface area contributed by atoms with Crippen LogP contribution in [0.4, 0.5) is 15.8 Å². The molecule has 2 aromatic rings. The molecule has 3 rings (SSSR count). The van der Waals surface area contributed by atoms with Crippen LogP contribution in [0.1, 0.15) is 38.8 Å². The lowest BCUT2D eigenvalue weighted by atomic mass is 10.0. The van der Waals surface area contributed by atoms with E-state index in [2.05, 4.69) is 9.62 Å². The van der Waals surface area contributed by atoms with E-state index < -0.39 is 15.8 Å². The van der Waals surface area contributed by atoms with Crippen LogP contribution < -0.4 is 9.62 Å². The van der Waals surface area contributed by atoms with Crippen molar-refractivity contribution >= 4 is 27.3 Å². The first-order valence-electron chi connectivity index (χ1n) is 11.9. The van der Waals surface area contributed by atoms with Gasteiger partial charge >= 0.3 is 0 Å². The highest BCUT2D eigenvalue weighted by Gasteiger charge is 2.33. The number of rotatable bonds is 10. The first-order valence-corrected chi connectivity index (χ1v) is 13.6. The molecule has 1 aliphatic rings. The third-order valence-electron chi connectivity index (χ3n) is 6.14. The first kappa shape index (κ1) is 26.0. The first-order chi connectivity index (χ1) is 16.3. The number of carbonyl (C=O) groups is 1. The molecule has 1 fully saturated rings. The van der Waals surface area contributed by atoms with Crippen LogP contribution in [-0.2, 0) is 14.8 Å². The predicted octanol–water partition coefficient (Wildman–Crippen LogP) is 3.71. The van der Waals surface area contributed by atoms with Crippen LogP contribution in [-0.4, -0.2) is 69.1 Å². The fourth-order valence-electron chi connectivity index (χ4n) is 4.40. The van der Waals surface area contributed by atoms with Crippen LogP contribution in [0.2, 0.25) is 0 Å². The third kappa shape index (κ3) is 6.27. The maximum absolute atomic E-state index is 14.9. The van der Waals surface area contributed by atoms with Gasteiger partial charge in [-0.15, -0.1) is 0 Å². The Bertz CT molecular complexity index is 1050. The zero-order chi connectivity index (χ0) is 24.7. The number of likely N-dealkylation sites (N-methyl/N-ethyl adjacent to an activating group) is 1. The number of halogens is 1. The molecule has 0 aliphatic carbocycles. The molecule has 0 aromatic heterocycles. The van der Waals surface area contributed by atoms with Crippen LogP contribution in [0, 0.1) is 5.82 Å². The highest BCUT2D eigenvalue weighted by molar-refractivity contribution is 7.92. The monoisotopic (exact) mass is 490 g/mol. The van der Waals surface area contributed by atoms with E-state index in [0.717, 1.165) is 5.56 Å². The van der Waals surface area contributed by atoms with Gasteiger partial charge in [-0.05, 0) is 38.0 Å². The molecule has 2 aromatic carbocycles. The van der Waals surface area contributed by atoms with Gasteiger partial charge in [-0.25, -0.2) is 12.8 Å². The maximum atomic E-state index is 14.9. The molecule has 1 atom stereocenters. The number of anilines is 2. The molecule has 0 bridgehead atoms. The second-order valence-corrected chi connectivity index (χ2v) is 10.3. The van der Waals surface area contributed by atoms with Crippen molar-refractivity contribution in [1.82, 2.24) is 9.80 Å². The normalized spacial score (nSPS) is 15.7. The minimum absolute atomic E-state index is 0.00682. The average Bonchev–Trinajstić information content (AvgIpc) is 2.81. The van der Waals surface area contributed by atoms with Crippen molar-refractivity contribution in [1.29, 1.82) is 0 Å². The number of benzene rings is 2.